The van der Waals surface area contributed by atoms with E-state index >= 15 is 0 Å². The topological polar surface area (TPSA) is 106 Å². The normalized spacial score (nSPS) is 20.4. The second-order valence-corrected chi connectivity index (χ2v) is 10.1. The number of carbonyl (C=O) groups is 2. The van der Waals surface area contributed by atoms with Crippen LogP contribution >= 0.6 is 0 Å². The zero-order chi connectivity index (χ0) is 20.4. The van der Waals surface area contributed by atoms with Crippen LogP contribution in [-0.2, 0) is 19.4 Å². The molecular formula is C21H23N3O4S. The molecule has 2 fully saturated rings. The van der Waals surface area contributed by atoms with Gasteiger partial charge in [-0.25, -0.2) is 18.4 Å². The fraction of sp³-hybridized carbons (Fsp3) is 0.429. The van der Waals surface area contributed by atoms with E-state index in [1.54, 1.807) is 36.5 Å². The maximum absolute atomic E-state index is 13.0. The summed E-state index contributed by atoms with van der Waals surface area (Å²) in [6, 6.07) is 8.23. The Bertz CT molecular complexity index is 1000. The lowest BCUT2D eigenvalue weighted by atomic mass is 9.87. The molecule has 1 heterocycles. The first kappa shape index (κ1) is 19.7. The Morgan fingerprint density at radius 1 is 1.14 bits per heavy atom. The quantitative estimate of drug-likeness (QED) is 0.748. The molecule has 1 amide bonds. The maximum atomic E-state index is 13.0. The maximum Gasteiger partial charge on any atom is 0.233 e. The summed E-state index contributed by atoms with van der Waals surface area (Å²) in [6.07, 6.45) is 6.70. The SMILES string of the molecule is O=C1CCC(C[C@@H](C(=O)Nc2ccncn2)c2ccc(S(=O)(=O)C3CC3)cc2)C1. The molecule has 4 rings (SSSR count). The van der Waals surface area contributed by atoms with E-state index in [-0.39, 0.29) is 22.9 Å². The summed E-state index contributed by atoms with van der Waals surface area (Å²) in [5, 5.41) is 2.54. The highest BCUT2D eigenvalue weighted by Crippen LogP contribution is 2.36. The Kier molecular flexibility index (Phi) is 5.45. The fourth-order valence-corrected chi connectivity index (χ4v) is 5.52. The summed E-state index contributed by atoms with van der Waals surface area (Å²) in [6.45, 7) is 0. The summed E-state index contributed by atoms with van der Waals surface area (Å²) in [5.41, 5.74) is 0.741. The average molecular weight is 413 g/mol. The van der Waals surface area contributed by atoms with Crippen molar-refractivity contribution in [2.24, 2.45) is 5.92 Å². The van der Waals surface area contributed by atoms with Crippen molar-refractivity contribution in [1.82, 2.24) is 9.97 Å². The highest BCUT2D eigenvalue weighted by atomic mass is 32.2. The highest BCUT2D eigenvalue weighted by Gasteiger charge is 2.37. The van der Waals surface area contributed by atoms with E-state index in [4.69, 9.17) is 0 Å². The number of nitrogens with zero attached hydrogens (tertiary/aromatic N) is 2. The highest BCUT2D eigenvalue weighted by molar-refractivity contribution is 7.92. The van der Waals surface area contributed by atoms with Crippen molar-refractivity contribution in [3.05, 3.63) is 48.4 Å². The number of Topliss-reactive ketones (excluding diaryl/α,β-unsaturated/α-hetero) is 1. The molecule has 1 N–H and O–H groups in total. The summed E-state index contributed by atoms with van der Waals surface area (Å²) in [4.78, 5) is 32.9. The van der Waals surface area contributed by atoms with E-state index in [9.17, 15) is 18.0 Å². The summed E-state index contributed by atoms with van der Waals surface area (Å²) >= 11 is 0. The van der Waals surface area contributed by atoms with Gasteiger partial charge in [-0.2, -0.15) is 0 Å². The zero-order valence-corrected chi connectivity index (χ0v) is 16.8. The number of sulfone groups is 1. The first-order valence-electron chi connectivity index (χ1n) is 9.86. The fourth-order valence-electron chi connectivity index (χ4n) is 3.86. The monoisotopic (exact) mass is 413 g/mol. The van der Waals surface area contributed by atoms with Crippen LogP contribution in [0.4, 0.5) is 5.82 Å². The van der Waals surface area contributed by atoms with Gasteiger partial charge in [-0.05, 0) is 55.4 Å². The minimum Gasteiger partial charge on any atom is -0.310 e. The van der Waals surface area contributed by atoms with Crippen molar-refractivity contribution in [1.29, 1.82) is 0 Å². The molecule has 7 nitrogen and oxygen atoms in total. The number of carbonyl (C=O) groups excluding carboxylic acids is 2. The van der Waals surface area contributed by atoms with Crippen molar-refractivity contribution >= 4 is 27.3 Å². The molecule has 0 aliphatic heterocycles. The number of anilines is 1. The third kappa shape index (κ3) is 4.53. The molecule has 152 valence electrons. The summed E-state index contributed by atoms with van der Waals surface area (Å²) in [5.74, 6) is 0.0826. The Morgan fingerprint density at radius 3 is 2.48 bits per heavy atom. The average Bonchev–Trinajstić information content (AvgIpc) is 3.50. The van der Waals surface area contributed by atoms with Gasteiger partial charge in [0.25, 0.3) is 0 Å². The van der Waals surface area contributed by atoms with E-state index in [0.717, 1.165) is 12.0 Å². The third-order valence-electron chi connectivity index (χ3n) is 5.64. The number of hydrogen-bond donors (Lipinski definition) is 1. The number of nitrogens with one attached hydrogen (secondary N) is 1. The molecule has 2 saturated carbocycles. The molecule has 0 bridgehead atoms. The van der Waals surface area contributed by atoms with Gasteiger partial charge in [0.15, 0.2) is 9.84 Å². The van der Waals surface area contributed by atoms with Crippen LogP contribution < -0.4 is 5.32 Å². The van der Waals surface area contributed by atoms with Crippen LogP contribution in [-0.4, -0.2) is 35.3 Å². The van der Waals surface area contributed by atoms with Gasteiger partial charge in [-0.15, -0.1) is 0 Å². The van der Waals surface area contributed by atoms with E-state index in [0.29, 0.717) is 42.8 Å². The Labute approximate surface area is 169 Å². The van der Waals surface area contributed by atoms with Crippen molar-refractivity contribution in [2.75, 3.05) is 5.32 Å². The minimum absolute atomic E-state index is 0.151. The van der Waals surface area contributed by atoms with Crippen molar-refractivity contribution < 1.29 is 18.0 Å². The van der Waals surface area contributed by atoms with Gasteiger partial charge in [0.05, 0.1) is 16.1 Å². The zero-order valence-electron chi connectivity index (χ0n) is 16.0. The van der Waals surface area contributed by atoms with Crippen molar-refractivity contribution in [3.63, 3.8) is 0 Å². The van der Waals surface area contributed by atoms with Gasteiger partial charge in [-0.1, -0.05) is 12.1 Å². The molecule has 2 aromatic rings. The first-order chi connectivity index (χ1) is 13.9. The largest absolute Gasteiger partial charge is 0.310 e. The number of amides is 1. The summed E-state index contributed by atoms with van der Waals surface area (Å²) in [7, 11) is -3.27. The van der Waals surface area contributed by atoms with E-state index < -0.39 is 15.8 Å². The van der Waals surface area contributed by atoms with Gasteiger partial charge in [0.1, 0.15) is 17.9 Å². The molecule has 2 atom stereocenters. The van der Waals surface area contributed by atoms with Crippen LogP contribution in [0.3, 0.4) is 0 Å². The number of aromatic nitrogens is 2. The second kappa shape index (κ2) is 8.02. The number of ketones is 1. The number of rotatable bonds is 7. The molecule has 8 heteroatoms. The van der Waals surface area contributed by atoms with Gasteiger partial charge < -0.3 is 5.32 Å². The molecule has 1 aromatic heterocycles. The van der Waals surface area contributed by atoms with Crippen LogP contribution in [0.25, 0.3) is 0 Å². The van der Waals surface area contributed by atoms with E-state index in [2.05, 4.69) is 15.3 Å². The van der Waals surface area contributed by atoms with Gasteiger partial charge >= 0.3 is 0 Å². The van der Waals surface area contributed by atoms with Gasteiger partial charge in [0, 0.05) is 19.0 Å². The Balaban J connectivity index is 1.57. The van der Waals surface area contributed by atoms with Crippen LogP contribution in [0.5, 0.6) is 0 Å². The van der Waals surface area contributed by atoms with Crippen LogP contribution in [0.2, 0.25) is 0 Å². The van der Waals surface area contributed by atoms with E-state index in [1.165, 1.54) is 6.33 Å². The lowest BCUT2D eigenvalue weighted by Gasteiger charge is -2.20. The van der Waals surface area contributed by atoms with Gasteiger partial charge in [-0.3, -0.25) is 9.59 Å². The third-order valence-corrected chi connectivity index (χ3v) is 7.92. The molecule has 1 aromatic carbocycles. The number of hydrogen-bond acceptors (Lipinski definition) is 6. The van der Waals surface area contributed by atoms with Crippen LogP contribution in [0.1, 0.15) is 50.0 Å². The molecule has 2 aliphatic rings. The molecule has 2 aliphatic carbocycles. The molecule has 1 unspecified atom stereocenters. The predicted octanol–water partition coefficient (Wildman–Crippen LogP) is 2.89. The Morgan fingerprint density at radius 2 is 1.90 bits per heavy atom. The van der Waals surface area contributed by atoms with E-state index in [1.807, 2.05) is 0 Å². The van der Waals surface area contributed by atoms with Crippen LogP contribution in [0.15, 0.2) is 47.8 Å². The lowest BCUT2D eigenvalue weighted by Crippen LogP contribution is -2.24. The smallest absolute Gasteiger partial charge is 0.233 e. The van der Waals surface area contributed by atoms with Gasteiger partial charge in [0.2, 0.25) is 5.91 Å². The lowest BCUT2D eigenvalue weighted by molar-refractivity contribution is -0.119. The Hall–Kier alpha value is -2.61. The van der Waals surface area contributed by atoms with Crippen molar-refractivity contribution in [3.8, 4) is 0 Å². The van der Waals surface area contributed by atoms with Crippen LogP contribution in [0, 0.1) is 5.92 Å². The molecule has 29 heavy (non-hydrogen) atoms. The molecule has 0 radical (unpaired) electrons. The first-order valence-corrected chi connectivity index (χ1v) is 11.4. The molecular weight excluding hydrogens is 390 g/mol. The molecule has 0 spiro atoms. The second-order valence-electron chi connectivity index (χ2n) is 7.83. The molecule has 0 saturated heterocycles. The number of benzene rings is 1. The standard InChI is InChI=1S/C21H23N3O4S/c25-16-4-1-14(11-16)12-19(21(26)24-20-9-10-22-13-23-20)15-2-5-17(6-3-15)29(27,28)18-7-8-18/h2-3,5-6,9-10,13-14,18-19H,1,4,7-8,11-12H2,(H,22,23,24,26)/t14?,19-/m1/s1. The minimum atomic E-state index is -3.27. The van der Waals surface area contributed by atoms with Crippen molar-refractivity contribution in [2.45, 2.75) is 54.6 Å². The summed E-state index contributed by atoms with van der Waals surface area (Å²) < 4.78 is 24.9. The predicted molar refractivity (Wildman–Crippen MR) is 107 cm³/mol.